The van der Waals surface area contributed by atoms with Crippen molar-refractivity contribution in [2.24, 2.45) is 15.8 Å². The van der Waals surface area contributed by atoms with Crippen molar-refractivity contribution in [3.63, 3.8) is 0 Å². The van der Waals surface area contributed by atoms with Crippen LogP contribution in [0.4, 0.5) is 0 Å². The van der Waals surface area contributed by atoms with Crippen LogP contribution in [0.2, 0.25) is 0 Å². The lowest BCUT2D eigenvalue weighted by atomic mass is 9.51. The van der Waals surface area contributed by atoms with E-state index < -0.39 is 0 Å². The van der Waals surface area contributed by atoms with E-state index in [9.17, 15) is 0 Å². The summed E-state index contributed by atoms with van der Waals surface area (Å²) >= 11 is 0. The molecule has 3 saturated carbocycles. The Hall–Kier alpha value is -0.0800. The van der Waals surface area contributed by atoms with E-state index in [1.165, 1.54) is 44.9 Å². The first kappa shape index (κ1) is 22.2. The van der Waals surface area contributed by atoms with Gasteiger partial charge in [-0.15, -0.1) is 24.0 Å². The molecule has 6 heteroatoms. The number of methoxy groups -OCH3 is 1. The minimum absolute atomic E-state index is 0. The molecule has 0 aromatic rings. The van der Waals surface area contributed by atoms with E-state index in [-0.39, 0.29) is 24.0 Å². The maximum absolute atomic E-state index is 5.97. The van der Waals surface area contributed by atoms with E-state index in [1.807, 2.05) is 7.05 Å². The van der Waals surface area contributed by atoms with Gasteiger partial charge in [-0.2, -0.15) is 0 Å². The van der Waals surface area contributed by atoms with Gasteiger partial charge in [0.2, 0.25) is 0 Å². The molecule has 3 aliphatic carbocycles. The summed E-state index contributed by atoms with van der Waals surface area (Å²) in [6.07, 6.45) is 11.9. The van der Waals surface area contributed by atoms with Crippen LogP contribution in [0, 0.1) is 10.8 Å². The number of guanidine groups is 1. The van der Waals surface area contributed by atoms with Crippen LogP contribution in [0.5, 0.6) is 0 Å². The van der Waals surface area contributed by atoms with Crippen LogP contribution in [0.25, 0.3) is 0 Å². The fourth-order valence-electron chi connectivity index (χ4n) is 5.23. The van der Waals surface area contributed by atoms with E-state index in [0.717, 1.165) is 38.6 Å². The molecule has 26 heavy (non-hydrogen) atoms. The average Bonchev–Trinajstić information content (AvgIpc) is 3.02. The number of nitrogens with zero attached hydrogens (tertiary/aromatic N) is 1. The first-order valence-electron chi connectivity index (χ1n) is 10.3. The van der Waals surface area contributed by atoms with Crippen molar-refractivity contribution in [3.8, 4) is 0 Å². The summed E-state index contributed by atoms with van der Waals surface area (Å²) in [6.45, 7) is 4.79. The van der Waals surface area contributed by atoms with Gasteiger partial charge in [-0.3, -0.25) is 4.99 Å². The van der Waals surface area contributed by atoms with E-state index in [4.69, 9.17) is 9.47 Å². The lowest BCUT2D eigenvalue weighted by Gasteiger charge is -2.61. The second-order valence-corrected chi connectivity index (χ2v) is 8.34. The first-order chi connectivity index (χ1) is 12.2. The summed E-state index contributed by atoms with van der Waals surface area (Å²) in [4.78, 5) is 4.50. The summed E-state index contributed by atoms with van der Waals surface area (Å²) in [5, 5.41) is 7.34. The summed E-state index contributed by atoms with van der Waals surface area (Å²) in [6, 6.07) is 0.516. The second-order valence-electron chi connectivity index (χ2n) is 8.34. The Morgan fingerprint density at radius 3 is 2.42 bits per heavy atom. The predicted molar refractivity (Wildman–Crippen MR) is 117 cm³/mol. The fraction of sp³-hybridized carbons (Fsp3) is 0.950. The molecule has 0 radical (unpaired) electrons. The van der Waals surface area contributed by atoms with Gasteiger partial charge in [-0.05, 0) is 50.9 Å². The molecule has 0 bridgehead atoms. The summed E-state index contributed by atoms with van der Waals surface area (Å²) < 4.78 is 11.3. The van der Waals surface area contributed by atoms with Gasteiger partial charge in [-0.1, -0.05) is 19.3 Å². The molecule has 0 aromatic carbocycles. The third-order valence-electron chi connectivity index (χ3n) is 7.10. The molecule has 2 unspecified atom stereocenters. The zero-order valence-corrected chi connectivity index (χ0v) is 19.1. The van der Waals surface area contributed by atoms with Gasteiger partial charge in [-0.25, -0.2) is 0 Å². The van der Waals surface area contributed by atoms with Crippen molar-refractivity contribution in [2.75, 3.05) is 33.9 Å². The van der Waals surface area contributed by atoms with Gasteiger partial charge in [0.25, 0.3) is 0 Å². The second kappa shape index (κ2) is 9.92. The normalized spacial score (nSPS) is 28.8. The Morgan fingerprint density at radius 1 is 1.15 bits per heavy atom. The zero-order chi connectivity index (χ0) is 17.8. The average molecular weight is 479 g/mol. The highest BCUT2D eigenvalue weighted by Gasteiger charge is 2.59. The Kier molecular flexibility index (Phi) is 8.47. The van der Waals surface area contributed by atoms with E-state index in [2.05, 4.69) is 22.5 Å². The summed E-state index contributed by atoms with van der Waals surface area (Å²) in [5.74, 6) is 0.968. The molecule has 1 spiro atoms. The van der Waals surface area contributed by atoms with Crippen molar-refractivity contribution in [3.05, 3.63) is 0 Å². The van der Waals surface area contributed by atoms with Crippen LogP contribution in [0.3, 0.4) is 0 Å². The molecule has 152 valence electrons. The number of hydrogen-bond acceptors (Lipinski definition) is 3. The number of aliphatic imine (C=N–C) groups is 1. The number of nitrogens with one attached hydrogen (secondary N) is 2. The first-order valence-corrected chi connectivity index (χ1v) is 10.3. The van der Waals surface area contributed by atoms with Crippen molar-refractivity contribution in [2.45, 2.75) is 76.9 Å². The van der Waals surface area contributed by atoms with Crippen molar-refractivity contribution >= 4 is 29.9 Å². The molecule has 2 atom stereocenters. The quantitative estimate of drug-likeness (QED) is 0.317. The Bertz CT molecular complexity index is 462. The zero-order valence-electron chi connectivity index (χ0n) is 16.8. The third kappa shape index (κ3) is 4.49. The molecular formula is C20H38IN3O2. The highest BCUT2D eigenvalue weighted by Crippen LogP contribution is 2.57. The molecule has 5 nitrogen and oxygen atoms in total. The highest BCUT2D eigenvalue weighted by molar-refractivity contribution is 14.0. The molecule has 0 aliphatic heterocycles. The topological polar surface area (TPSA) is 54.9 Å². The van der Waals surface area contributed by atoms with Crippen LogP contribution in [-0.4, -0.2) is 52.0 Å². The third-order valence-corrected chi connectivity index (χ3v) is 7.10. The maximum Gasteiger partial charge on any atom is 0.191 e. The molecule has 0 heterocycles. The highest BCUT2D eigenvalue weighted by atomic mass is 127. The van der Waals surface area contributed by atoms with Crippen molar-refractivity contribution in [1.82, 2.24) is 10.6 Å². The lowest BCUT2D eigenvalue weighted by Crippen LogP contribution is -2.68. The van der Waals surface area contributed by atoms with E-state index in [0.29, 0.717) is 23.0 Å². The molecule has 3 aliphatic rings. The standard InChI is InChI=1S/C20H37N3O2.HI/c1-4-25-17-14-16(20(17)10-7-11-20)23-18(21-2)22-15-19(12-13-24-3)8-5-6-9-19;/h16-17H,4-15H2,1-3H3,(H2,21,22,23);1H. The number of halogens is 1. The Labute approximate surface area is 176 Å². The van der Waals surface area contributed by atoms with Gasteiger partial charge in [0.1, 0.15) is 0 Å². The molecule has 0 aromatic heterocycles. The predicted octanol–water partition coefficient (Wildman–Crippen LogP) is 3.71. The van der Waals surface area contributed by atoms with Crippen molar-refractivity contribution in [1.29, 1.82) is 0 Å². The molecule has 2 N–H and O–H groups in total. The van der Waals surface area contributed by atoms with Crippen LogP contribution >= 0.6 is 24.0 Å². The van der Waals surface area contributed by atoms with E-state index in [1.54, 1.807) is 7.11 Å². The van der Waals surface area contributed by atoms with Gasteiger partial charge in [0.05, 0.1) is 6.10 Å². The molecule has 0 amide bonds. The lowest BCUT2D eigenvalue weighted by molar-refractivity contribution is -0.168. The number of rotatable bonds is 8. The number of hydrogen-bond donors (Lipinski definition) is 2. The van der Waals surface area contributed by atoms with Crippen LogP contribution < -0.4 is 10.6 Å². The summed E-state index contributed by atoms with van der Waals surface area (Å²) in [5.41, 5.74) is 0.754. The number of ether oxygens (including phenoxy) is 2. The van der Waals surface area contributed by atoms with E-state index >= 15 is 0 Å². The molecule has 3 rings (SSSR count). The molecular weight excluding hydrogens is 441 g/mol. The fourth-order valence-corrected chi connectivity index (χ4v) is 5.23. The van der Waals surface area contributed by atoms with Gasteiger partial charge < -0.3 is 20.1 Å². The Morgan fingerprint density at radius 2 is 1.88 bits per heavy atom. The van der Waals surface area contributed by atoms with Crippen LogP contribution in [0.1, 0.15) is 64.7 Å². The van der Waals surface area contributed by atoms with Gasteiger partial charge >= 0.3 is 0 Å². The smallest absolute Gasteiger partial charge is 0.191 e. The summed E-state index contributed by atoms with van der Waals surface area (Å²) in [7, 11) is 3.69. The van der Waals surface area contributed by atoms with Crippen LogP contribution in [-0.2, 0) is 9.47 Å². The minimum Gasteiger partial charge on any atom is -0.385 e. The molecule has 0 saturated heterocycles. The van der Waals surface area contributed by atoms with Crippen molar-refractivity contribution < 1.29 is 9.47 Å². The largest absolute Gasteiger partial charge is 0.385 e. The van der Waals surface area contributed by atoms with Gasteiger partial charge in [0.15, 0.2) is 5.96 Å². The van der Waals surface area contributed by atoms with Gasteiger partial charge in [0, 0.05) is 45.4 Å². The minimum atomic E-state index is 0. The monoisotopic (exact) mass is 479 g/mol. The maximum atomic E-state index is 5.97. The molecule has 3 fully saturated rings. The SMILES string of the molecule is CCOC1CC(NC(=NC)NCC2(CCOC)CCCC2)C12CCC2.I. The van der Waals surface area contributed by atoms with Crippen LogP contribution in [0.15, 0.2) is 4.99 Å². The Balaban J connectivity index is 0.00000243.